The lowest BCUT2D eigenvalue weighted by molar-refractivity contribution is 0.402. The Bertz CT molecular complexity index is 545. The number of nitrogens with one attached hydrogen (secondary N) is 1. The van der Waals surface area contributed by atoms with Crippen LogP contribution in [0, 0.1) is 0 Å². The van der Waals surface area contributed by atoms with Gasteiger partial charge in [0.15, 0.2) is 0 Å². The van der Waals surface area contributed by atoms with Gasteiger partial charge in [-0.3, -0.25) is 11.3 Å². The van der Waals surface area contributed by atoms with Crippen molar-refractivity contribution in [1.82, 2.24) is 5.43 Å². The normalized spacial score (nSPS) is 12.3. The smallest absolute Gasteiger partial charge is 0.122 e. The summed E-state index contributed by atoms with van der Waals surface area (Å²) in [5, 5.41) is 2.13. The molecule has 0 aliphatic carbocycles. The van der Waals surface area contributed by atoms with Gasteiger partial charge in [-0.25, -0.2) is 0 Å². The number of hydrogen-bond acceptors (Lipinski definition) is 4. The largest absolute Gasteiger partial charge is 0.496 e. The molecule has 114 valence electrons. The lowest BCUT2D eigenvalue weighted by Crippen LogP contribution is -2.36. The van der Waals surface area contributed by atoms with Crippen LogP contribution in [0.2, 0.25) is 0 Å². The molecular formula is C16H21BrN2OS. The van der Waals surface area contributed by atoms with E-state index in [4.69, 9.17) is 10.6 Å². The number of hydrogen-bond donors (Lipinski definition) is 2. The number of thiophene rings is 1. The summed E-state index contributed by atoms with van der Waals surface area (Å²) in [5.74, 6) is 6.62. The summed E-state index contributed by atoms with van der Waals surface area (Å²) < 4.78 is 6.48. The second-order valence-electron chi connectivity index (χ2n) is 5.00. The van der Waals surface area contributed by atoms with Crippen molar-refractivity contribution in [1.29, 1.82) is 0 Å². The molecular weight excluding hydrogens is 348 g/mol. The van der Waals surface area contributed by atoms with Gasteiger partial charge in [0, 0.05) is 15.4 Å². The number of halogens is 1. The van der Waals surface area contributed by atoms with Crippen LogP contribution < -0.4 is 16.0 Å². The molecule has 0 fully saturated rings. The first-order valence-electron chi connectivity index (χ1n) is 7.04. The van der Waals surface area contributed by atoms with Crippen LogP contribution in [0.4, 0.5) is 0 Å². The fourth-order valence-corrected chi connectivity index (χ4v) is 3.55. The summed E-state index contributed by atoms with van der Waals surface area (Å²) >= 11 is 5.33. The van der Waals surface area contributed by atoms with Crippen molar-refractivity contribution in [2.24, 2.45) is 5.84 Å². The standard InChI is InChI=1S/C16H21BrN2OS/c1-20-16-8-7-13(17)10-12(16)11-14(19-18)4-2-5-15-6-3-9-21-15/h3,6-10,14,19H,2,4-5,11,18H2,1H3. The van der Waals surface area contributed by atoms with Crippen LogP contribution in [-0.4, -0.2) is 13.2 Å². The third-order valence-corrected chi connectivity index (χ3v) is 4.93. The van der Waals surface area contributed by atoms with Crippen LogP contribution in [-0.2, 0) is 12.8 Å². The molecule has 0 spiro atoms. The van der Waals surface area contributed by atoms with Crippen molar-refractivity contribution in [3.05, 3.63) is 50.6 Å². The Hall–Kier alpha value is -0.880. The minimum absolute atomic E-state index is 0.258. The Kier molecular flexibility index (Phi) is 6.70. The maximum Gasteiger partial charge on any atom is 0.122 e. The molecule has 1 aromatic heterocycles. The second kappa shape index (κ2) is 8.54. The lowest BCUT2D eigenvalue weighted by Gasteiger charge is -2.17. The SMILES string of the molecule is COc1ccc(Br)cc1CC(CCCc1cccs1)NN. The third kappa shape index (κ3) is 5.11. The van der Waals surface area contributed by atoms with Crippen LogP contribution in [0.15, 0.2) is 40.2 Å². The molecule has 2 rings (SSSR count). The summed E-state index contributed by atoms with van der Waals surface area (Å²) in [6, 6.07) is 10.6. The topological polar surface area (TPSA) is 47.3 Å². The molecule has 2 aromatic rings. The highest BCUT2D eigenvalue weighted by atomic mass is 79.9. The van der Waals surface area contributed by atoms with Gasteiger partial charge in [-0.1, -0.05) is 22.0 Å². The van der Waals surface area contributed by atoms with Crippen LogP contribution in [0.5, 0.6) is 5.75 Å². The zero-order chi connectivity index (χ0) is 15.1. The maximum atomic E-state index is 5.71. The van der Waals surface area contributed by atoms with Crippen molar-refractivity contribution >= 4 is 27.3 Å². The molecule has 3 N–H and O–H groups in total. The third-order valence-electron chi connectivity index (χ3n) is 3.50. The number of methoxy groups -OCH3 is 1. The van der Waals surface area contributed by atoms with Gasteiger partial charge in [-0.05, 0) is 60.9 Å². The predicted octanol–water partition coefficient (Wildman–Crippen LogP) is 3.92. The van der Waals surface area contributed by atoms with Crippen molar-refractivity contribution in [3.8, 4) is 5.75 Å². The van der Waals surface area contributed by atoms with E-state index in [9.17, 15) is 0 Å². The summed E-state index contributed by atoms with van der Waals surface area (Å²) in [4.78, 5) is 1.44. The van der Waals surface area contributed by atoms with Crippen LogP contribution in [0.25, 0.3) is 0 Å². The Labute approximate surface area is 138 Å². The van der Waals surface area contributed by atoms with Crippen molar-refractivity contribution in [3.63, 3.8) is 0 Å². The minimum atomic E-state index is 0.258. The lowest BCUT2D eigenvalue weighted by atomic mass is 10.0. The van der Waals surface area contributed by atoms with E-state index in [1.165, 1.54) is 10.4 Å². The Balaban J connectivity index is 1.90. The van der Waals surface area contributed by atoms with Gasteiger partial charge in [0.1, 0.15) is 5.75 Å². The zero-order valence-electron chi connectivity index (χ0n) is 12.1. The monoisotopic (exact) mass is 368 g/mol. The van der Waals surface area contributed by atoms with Gasteiger partial charge in [0.25, 0.3) is 0 Å². The van der Waals surface area contributed by atoms with E-state index in [1.807, 2.05) is 23.5 Å². The van der Waals surface area contributed by atoms with E-state index in [2.05, 4.69) is 44.9 Å². The predicted molar refractivity (Wildman–Crippen MR) is 92.8 cm³/mol. The first kappa shape index (κ1) is 16.5. The van der Waals surface area contributed by atoms with E-state index in [0.29, 0.717) is 0 Å². The van der Waals surface area contributed by atoms with E-state index < -0.39 is 0 Å². The molecule has 0 amide bonds. The number of aryl methyl sites for hydroxylation is 1. The Morgan fingerprint density at radius 1 is 1.38 bits per heavy atom. The molecule has 3 nitrogen and oxygen atoms in total. The van der Waals surface area contributed by atoms with Gasteiger partial charge < -0.3 is 4.74 Å². The van der Waals surface area contributed by atoms with Crippen molar-refractivity contribution in [2.45, 2.75) is 31.7 Å². The number of nitrogens with two attached hydrogens (primary N) is 1. The summed E-state index contributed by atoms with van der Waals surface area (Å²) in [6.45, 7) is 0. The van der Waals surface area contributed by atoms with Crippen molar-refractivity contribution in [2.75, 3.05) is 7.11 Å². The summed E-state index contributed by atoms with van der Waals surface area (Å²) in [6.07, 6.45) is 4.16. The molecule has 0 bridgehead atoms. The van der Waals surface area contributed by atoms with E-state index in [0.717, 1.165) is 35.9 Å². The first-order valence-corrected chi connectivity index (χ1v) is 8.71. The summed E-state index contributed by atoms with van der Waals surface area (Å²) in [5.41, 5.74) is 4.11. The number of hydrazine groups is 1. The Morgan fingerprint density at radius 2 is 2.24 bits per heavy atom. The number of ether oxygens (including phenoxy) is 1. The molecule has 0 radical (unpaired) electrons. The number of benzene rings is 1. The maximum absolute atomic E-state index is 5.71. The van der Waals surface area contributed by atoms with Gasteiger partial charge in [-0.15, -0.1) is 11.3 Å². The second-order valence-corrected chi connectivity index (χ2v) is 6.94. The molecule has 21 heavy (non-hydrogen) atoms. The van der Waals surface area contributed by atoms with E-state index in [-0.39, 0.29) is 6.04 Å². The number of rotatable bonds is 8. The quantitative estimate of drug-likeness (QED) is 0.548. The van der Waals surface area contributed by atoms with Crippen molar-refractivity contribution < 1.29 is 4.74 Å². The highest BCUT2D eigenvalue weighted by Crippen LogP contribution is 2.25. The molecule has 1 atom stereocenters. The average Bonchev–Trinajstić information content (AvgIpc) is 2.99. The highest BCUT2D eigenvalue weighted by molar-refractivity contribution is 9.10. The molecule has 5 heteroatoms. The molecule has 1 heterocycles. The van der Waals surface area contributed by atoms with Gasteiger partial charge >= 0.3 is 0 Å². The average molecular weight is 369 g/mol. The van der Waals surface area contributed by atoms with Crippen LogP contribution in [0.3, 0.4) is 0 Å². The summed E-state index contributed by atoms with van der Waals surface area (Å²) in [7, 11) is 1.70. The molecule has 0 aliphatic heterocycles. The van der Waals surface area contributed by atoms with Crippen LogP contribution in [0.1, 0.15) is 23.3 Å². The van der Waals surface area contributed by atoms with Gasteiger partial charge in [0.05, 0.1) is 7.11 Å². The van der Waals surface area contributed by atoms with Gasteiger partial charge in [-0.2, -0.15) is 0 Å². The first-order chi connectivity index (χ1) is 10.2. The molecule has 0 saturated carbocycles. The Morgan fingerprint density at radius 3 is 2.90 bits per heavy atom. The molecule has 1 unspecified atom stereocenters. The highest BCUT2D eigenvalue weighted by Gasteiger charge is 2.12. The van der Waals surface area contributed by atoms with E-state index >= 15 is 0 Å². The molecule has 0 aliphatic rings. The van der Waals surface area contributed by atoms with Gasteiger partial charge in [0.2, 0.25) is 0 Å². The van der Waals surface area contributed by atoms with E-state index in [1.54, 1.807) is 7.11 Å². The fraction of sp³-hybridized carbons (Fsp3) is 0.375. The fourth-order valence-electron chi connectivity index (χ4n) is 2.39. The molecule has 1 aromatic carbocycles. The molecule has 0 saturated heterocycles. The zero-order valence-corrected chi connectivity index (χ0v) is 14.5. The minimum Gasteiger partial charge on any atom is -0.496 e. The van der Waals surface area contributed by atoms with Crippen LogP contribution >= 0.6 is 27.3 Å².